The largest absolute Gasteiger partial charge is 0.467 e. The van der Waals surface area contributed by atoms with Gasteiger partial charge in [0.05, 0.1) is 12.6 Å². The third-order valence-electron chi connectivity index (χ3n) is 5.75. The number of amides is 2. The second kappa shape index (κ2) is 12.5. The van der Waals surface area contributed by atoms with Crippen LogP contribution in [-0.2, 0) is 14.3 Å². The fraction of sp³-hybridized carbons (Fsp3) is 0.536. The van der Waals surface area contributed by atoms with Gasteiger partial charge in [0.25, 0.3) is 5.91 Å². The summed E-state index contributed by atoms with van der Waals surface area (Å²) in [5.74, 6) is 11.2. The molecule has 0 bridgehead atoms. The lowest BCUT2D eigenvalue weighted by molar-refractivity contribution is -0.144. The van der Waals surface area contributed by atoms with Gasteiger partial charge in [0, 0.05) is 23.7 Å². The summed E-state index contributed by atoms with van der Waals surface area (Å²) in [7, 11) is 1.21. The van der Waals surface area contributed by atoms with E-state index in [1.165, 1.54) is 7.11 Å². The molecule has 0 radical (unpaired) electrons. The minimum absolute atomic E-state index is 0.210. The highest BCUT2D eigenvalue weighted by Gasteiger charge is 2.40. The molecule has 1 aliphatic rings. The van der Waals surface area contributed by atoms with Crippen LogP contribution in [0.25, 0.3) is 0 Å². The first-order valence-electron chi connectivity index (χ1n) is 12.0. The fourth-order valence-electron chi connectivity index (χ4n) is 3.82. The Bertz CT molecular complexity index is 1060. The highest BCUT2D eigenvalue weighted by molar-refractivity contribution is 5.97. The van der Waals surface area contributed by atoms with Gasteiger partial charge < -0.3 is 25.2 Å². The first kappa shape index (κ1) is 28.7. The average Bonchev–Trinajstić information content (AvgIpc) is 3.26. The predicted octanol–water partition coefficient (Wildman–Crippen LogP) is 3.02. The van der Waals surface area contributed by atoms with E-state index in [-0.39, 0.29) is 12.5 Å². The molecule has 0 saturated heterocycles. The summed E-state index contributed by atoms with van der Waals surface area (Å²) in [5.41, 5.74) is -0.919. The van der Waals surface area contributed by atoms with E-state index in [9.17, 15) is 19.5 Å². The number of rotatable bonds is 6. The van der Waals surface area contributed by atoms with Crippen molar-refractivity contribution in [2.75, 3.05) is 13.7 Å². The molecule has 1 saturated carbocycles. The lowest BCUT2D eigenvalue weighted by Gasteiger charge is -2.34. The van der Waals surface area contributed by atoms with E-state index in [4.69, 9.17) is 9.47 Å². The van der Waals surface area contributed by atoms with Crippen molar-refractivity contribution in [3.05, 3.63) is 35.4 Å². The second-order valence-corrected chi connectivity index (χ2v) is 10.4. The molecule has 2 amide bonds. The number of ether oxygens (including phenoxy) is 2. The summed E-state index contributed by atoms with van der Waals surface area (Å²) in [6.45, 7) is 8.57. The van der Waals surface area contributed by atoms with Gasteiger partial charge in [0.2, 0.25) is 0 Å². The molecule has 36 heavy (non-hydrogen) atoms. The van der Waals surface area contributed by atoms with Crippen LogP contribution in [0.2, 0.25) is 0 Å². The molecule has 1 aromatic carbocycles. The van der Waals surface area contributed by atoms with Crippen molar-refractivity contribution >= 4 is 18.0 Å². The topological polar surface area (TPSA) is 114 Å². The molecule has 3 N–H and O–H groups in total. The molecule has 3 atom stereocenters. The van der Waals surface area contributed by atoms with E-state index in [0.29, 0.717) is 17.0 Å². The van der Waals surface area contributed by atoms with Crippen LogP contribution in [0.15, 0.2) is 24.3 Å². The summed E-state index contributed by atoms with van der Waals surface area (Å²) in [6.07, 6.45) is 2.17. The zero-order chi connectivity index (χ0) is 26.9. The quantitative estimate of drug-likeness (QED) is 0.412. The second-order valence-electron chi connectivity index (χ2n) is 10.4. The summed E-state index contributed by atoms with van der Waals surface area (Å²) in [4.78, 5) is 37.6. The van der Waals surface area contributed by atoms with Crippen LogP contribution < -0.4 is 10.6 Å². The van der Waals surface area contributed by atoms with Gasteiger partial charge in [-0.15, -0.1) is 0 Å². The van der Waals surface area contributed by atoms with Gasteiger partial charge in [-0.25, -0.2) is 9.59 Å². The van der Waals surface area contributed by atoms with E-state index >= 15 is 0 Å². The summed E-state index contributed by atoms with van der Waals surface area (Å²) in [5, 5.41) is 14.5. The number of nitrogens with one attached hydrogen (secondary N) is 2. The molecule has 2 rings (SSSR count). The predicted molar refractivity (Wildman–Crippen MR) is 136 cm³/mol. The zero-order valence-corrected chi connectivity index (χ0v) is 21.9. The molecule has 0 aliphatic heterocycles. The van der Waals surface area contributed by atoms with Crippen LogP contribution in [-0.4, -0.2) is 54.0 Å². The Hall–Kier alpha value is -3.49. The monoisotopic (exact) mass is 496 g/mol. The first-order valence-corrected chi connectivity index (χ1v) is 12.0. The molecule has 194 valence electrons. The summed E-state index contributed by atoms with van der Waals surface area (Å²) < 4.78 is 10.1. The zero-order valence-electron chi connectivity index (χ0n) is 21.9. The number of carbonyl (C=O) groups is 3. The van der Waals surface area contributed by atoms with Gasteiger partial charge in [0.15, 0.2) is 0 Å². The van der Waals surface area contributed by atoms with Gasteiger partial charge >= 0.3 is 12.1 Å². The van der Waals surface area contributed by atoms with Crippen molar-refractivity contribution in [2.45, 2.75) is 71.1 Å². The Morgan fingerprint density at radius 3 is 2.31 bits per heavy atom. The number of aliphatic hydroxyl groups excluding tert-OH is 1. The number of carbonyl (C=O) groups excluding carboxylic acids is 3. The van der Waals surface area contributed by atoms with Gasteiger partial charge in [-0.3, -0.25) is 4.79 Å². The van der Waals surface area contributed by atoms with Crippen LogP contribution in [0.3, 0.4) is 0 Å². The maximum Gasteiger partial charge on any atom is 0.408 e. The SMILES string of the molecule is COC(=O)C(NC(=O)c1ccc(C#CC#CC2CCC(CO)C2)cc1)C(C)(C)NC(=O)OC(C)(C)C. The van der Waals surface area contributed by atoms with Gasteiger partial charge in [0.1, 0.15) is 11.6 Å². The molecule has 0 spiro atoms. The molecular formula is C28H36N2O6. The van der Waals surface area contributed by atoms with Gasteiger partial charge in [-0.2, -0.15) is 0 Å². The molecule has 3 unspecified atom stereocenters. The average molecular weight is 497 g/mol. The lowest BCUT2D eigenvalue weighted by atomic mass is 9.94. The molecule has 1 fully saturated rings. The van der Waals surface area contributed by atoms with Crippen molar-refractivity contribution in [2.24, 2.45) is 11.8 Å². The normalized spacial score (nSPS) is 18.0. The van der Waals surface area contributed by atoms with E-state index in [2.05, 4.69) is 34.3 Å². The maximum absolute atomic E-state index is 12.9. The Labute approximate surface area is 213 Å². The molecule has 1 aromatic rings. The van der Waals surface area contributed by atoms with E-state index in [0.717, 1.165) is 19.3 Å². The Kier molecular flexibility index (Phi) is 9.95. The number of hydrogen-bond donors (Lipinski definition) is 3. The maximum atomic E-state index is 12.9. The van der Waals surface area contributed by atoms with Crippen LogP contribution in [0.1, 0.15) is 69.8 Å². The van der Waals surface area contributed by atoms with Crippen molar-refractivity contribution < 1.29 is 29.0 Å². The minimum atomic E-state index is -1.20. The number of methoxy groups -OCH3 is 1. The fourth-order valence-corrected chi connectivity index (χ4v) is 3.82. The molecule has 0 heterocycles. The van der Waals surface area contributed by atoms with Crippen molar-refractivity contribution in [1.29, 1.82) is 0 Å². The van der Waals surface area contributed by atoms with Crippen LogP contribution in [0.4, 0.5) is 4.79 Å². The Morgan fingerprint density at radius 2 is 1.75 bits per heavy atom. The Morgan fingerprint density at radius 1 is 1.08 bits per heavy atom. The van der Waals surface area contributed by atoms with Crippen LogP contribution in [0, 0.1) is 35.5 Å². The number of alkyl carbamates (subject to hydrolysis) is 1. The van der Waals surface area contributed by atoms with E-state index in [1.807, 2.05) is 0 Å². The van der Waals surface area contributed by atoms with Gasteiger partial charge in [-0.1, -0.05) is 11.8 Å². The highest BCUT2D eigenvalue weighted by atomic mass is 16.6. The van der Waals surface area contributed by atoms with E-state index in [1.54, 1.807) is 58.9 Å². The first-order chi connectivity index (χ1) is 16.8. The van der Waals surface area contributed by atoms with Crippen LogP contribution >= 0.6 is 0 Å². The number of hydrogen-bond acceptors (Lipinski definition) is 6. The summed E-state index contributed by atoms with van der Waals surface area (Å²) >= 11 is 0. The van der Waals surface area contributed by atoms with Crippen molar-refractivity contribution in [3.63, 3.8) is 0 Å². The van der Waals surface area contributed by atoms with Crippen LogP contribution in [0.5, 0.6) is 0 Å². The third kappa shape index (κ3) is 8.94. The van der Waals surface area contributed by atoms with Crippen molar-refractivity contribution in [1.82, 2.24) is 10.6 Å². The molecule has 1 aliphatic carbocycles. The molecule has 8 heteroatoms. The highest BCUT2D eigenvalue weighted by Crippen LogP contribution is 2.29. The lowest BCUT2D eigenvalue weighted by Crippen LogP contribution is -2.62. The number of aliphatic hydroxyl groups is 1. The van der Waals surface area contributed by atoms with E-state index < -0.39 is 35.2 Å². The molecule has 0 aromatic heterocycles. The van der Waals surface area contributed by atoms with Crippen molar-refractivity contribution in [3.8, 4) is 23.7 Å². The summed E-state index contributed by atoms with van der Waals surface area (Å²) in [6, 6.07) is 5.41. The third-order valence-corrected chi connectivity index (χ3v) is 5.75. The molecule has 8 nitrogen and oxygen atoms in total. The standard InChI is InChI=1S/C28H36N2O6/c1-27(2,3)36-26(34)30-28(4,5)23(25(33)35-6)29-24(32)22-15-13-19(14-16-22)9-7-8-10-20-11-12-21(17-20)18-31/h13-16,20-21,23,31H,11-12,17-18H2,1-6H3,(H,29,32)(H,30,34). The number of benzene rings is 1. The van der Waals surface area contributed by atoms with Gasteiger partial charge in [-0.05, 0) is 95.9 Å². The number of esters is 1. The molecular weight excluding hydrogens is 460 g/mol. The smallest absolute Gasteiger partial charge is 0.408 e. The minimum Gasteiger partial charge on any atom is -0.467 e. The Balaban J connectivity index is 2.05.